The number of hydrogen-bond donors (Lipinski definition) is 0. The maximum Gasteiger partial charge on any atom is 3.00 e. The van der Waals surface area contributed by atoms with Crippen LogP contribution in [-0.4, -0.2) is 18.9 Å². The minimum Gasteiger partial charge on any atom is -0.541 e. The van der Waals surface area contributed by atoms with E-state index in [-0.39, 0.29) is 39.1 Å². The zero-order valence-electron chi connectivity index (χ0n) is 5.22. The van der Waals surface area contributed by atoms with Gasteiger partial charge in [0, 0.05) is 0 Å². The summed E-state index contributed by atoms with van der Waals surface area (Å²) in [4.78, 5) is 19.6. The Hall–Kier alpha value is 0.244. The number of rotatable bonds is 3. The first-order valence-corrected chi connectivity index (χ1v) is 2.32. The van der Waals surface area contributed by atoms with Crippen LogP contribution in [0.15, 0.2) is 0 Å². The van der Waals surface area contributed by atoms with Gasteiger partial charge >= 0.3 is 32.7 Å². The second-order valence-corrected chi connectivity index (χ2v) is 1.13. The van der Waals surface area contributed by atoms with Crippen LogP contribution in [0.2, 0.25) is 0 Å². The minimum atomic E-state index is -0.512. The van der Waals surface area contributed by atoms with Crippen molar-refractivity contribution in [2.45, 2.75) is 13.3 Å². The molecule has 46 valence electrons. The molecule has 0 aromatic rings. The third-order valence-corrected chi connectivity index (χ3v) is 0.522. The first-order chi connectivity index (χ1) is 3.81. The number of hydrogen-bond acceptors (Lipinski definition) is 3. The van der Waals surface area contributed by atoms with Crippen molar-refractivity contribution in [2.75, 3.05) is 6.61 Å². The zero-order valence-corrected chi connectivity index (χ0v) is 8.05. The molecule has 0 radical (unpaired) electrons. The zero-order chi connectivity index (χ0) is 6.41. The molecule has 0 unspecified atom stereocenters. The van der Waals surface area contributed by atoms with Gasteiger partial charge in [0.1, 0.15) is 0 Å². The van der Waals surface area contributed by atoms with Crippen molar-refractivity contribution in [2.24, 2.45) is 0 Å². The molecule has 0 saturated carbocycles. The minimum absolute atomic E-state index is 0. The topological polar surface area (TPSA) is 43.4 Å². The van der Waals surface area contributed by atoms with E-state index in [1.54, 1.807) is 6.92 Å². The van der Waals surface area contributed by atoms with Crippen LogP contribution in [0.1, 0.15) is 13.3 Å². The summed E-state index contributed by atoms with van der Waals surface area (Å²) in [5, 5.41) is 0. The Balaban J connectivity index is 0. The summed E-state index contributed by atoms with van der Waals surface area (Å²) in [5.41, 5.74) is 0. The molecular weight excluding hydrogens is 197 g/mol. The Labute approximate surface area is 79.0 Å². The molecule has 9 heavy (non-hydrogen) atoms. The molecule has 0 spiro atoms. The standard InChI is InChI=1S/C5H7O3.Y/c1-2-8-5(7)3-4-6;/h2-3H2,1H3;/q-1;+3. The SMILES string of the molecule is CCOC(=O)C[C-]=O.[Y+3]. The van der Waals surface area contributed by atoms with Crippen LogP contribution < -0.4 is 0 Å². The molecule has 0 aliphatic rings. The van der Waals surface area contributed by atoms with Crippen LogP contribution in [0.25, 0.3) is 0 Å². The quantitative estimate of drug-likeness (QED) is 0.370. The van der Waals surface area contributed by atoms with Gasteiger partial charge < -0.3 is 9.53 Å². The van der Waals surface area contributed by atoms with Gasteiger partial charge in [-0.15, -0.1) is 0 Å². The summed E-state index contributed by atoms with van der Waals surface area (Å²) < 4.78 is 4.38. The molecule has 4 heteroatoms. The summed E-state index contributed by atoms with van der Waals surface area (Å²) in [7, 11) is 0. The van der Waals surface area contributed by atoms with Crippen molar-refractivity contribution in [3.05, 3.63) is 0 Å². The van der Waals surface area contributed by atoms with Crippen molar-refractivity contribution in [1.82, 2.24) is 0 Å². The van der Waals surface area contributed by atoms with Gasteiger partial charge in [0.15, 0.2) is 0 Å². The predicted octanol–water partition coefficient (Wildman–Crippen LogP) is 0.0468. The molecule has 0 aromatic carbocycles. The van der Waals surface area contributed by atoms with Crippen molar-refractivity contribution >= 4 is 12.3 Å². The molecule has 0 atom stereocenters. The van der Waals surface area contributed by atoms with Crippen LogP contribution >= 0.6 is 0 Å². The molecule has 0 N–H and O–H groups in total. The predicted molar refractivity (Wildman–Crippen MR) is 26.9 cm³/mol. The Bertz CT molecular complexity index is 92.2. The van der Waals surface area contributed by atoms with Gasteiger partial charge in [0.25, 0.3) is 5.97 Å². The van der Waals surface area contributed by atoms with E-state index in [0.717, 1.165) is 0 Å². The van der Waals surface area contributed by atoms with Gasteiger partial charge in [-0.2, -0.15) is 0 Å². The second kappa shape index (κ2) is 8.24. The van der Waals surface area contributed by atoms with Crippen LogP contribution in [0.5, 0.6) is 0 Å². The summed E-state index contributed by atoms with van der Waals surface area (Å²) in [5.74, 6) is -0.512. The maximum absolute atomic E-state index is 10.2. The van der Waals surface area contributed by atoms with E-state index in [2.05, 4.69) is 4.74 Å². The van der Waals surface area contributed by atoms with Crippen LogP contribution in [0.3, 0.4) is 0 Å². The molecule has 3 nitrogen and oxygen atoms in total. The fourth-order valence-electron chi connectivity index (χ4n) is 0.271. The largest absolute Gasteiger partial charge is 3.00 e. The molecule has 0 heterocycles. The van der Waals surface area contributed by atoms with E-state index in [1.807, 2.05) is 0 Å². The van der Waals surface area contributed by atoms with E-state index in [4.69, 9.17) is 0 Å². The summed E-state index contributed by atoms with van der Waals surface area (Å²) in [6.45, 7) is 2.00. The van der Waals surface area contributed by atoms with Gasteiger partial charge in [-0.05, 0) is 6.92 Å². The number of carbonyl (C=O) groups excluding carboxylic acids is 2. The fraction of sp³-hybridized carbons (Fsp3) is 0.600. The Kier molecular flexibility index (Phi) is 11.0. The van der Waals surface area contributed by atoms with Crippen molar-refractivity contribution in [3.8, 4) is 0 Å². The van der Waals surface area contributed by atoms with Gasteiger partial charge in [-0.1, -0.05) is 6.42 Å². The van der Waals surface area contributed by atoms with E-state index in [0.29, 0.717) is 6.61 Å². The molecule has 0 aromatic heterocycles. The first-order valence-electron chi connectivity index (χ1n) is 2.32. The van der Waals surface area contributed by atoms with Crippen LogP contribution in [0, 0.1) is 0 Å². The smallest absolute Gasteiger partial charge is 0.541 e. The van der Waals surface area contributed by atoms with Crippen molar-refractivity contribution in [1.29, 1.82) is 0 Å². The van der Waals surface area contributed by atoms with E-state index >= 15 is 0 Å². The van der Waals surface area contributed by atoms with Crippen LogP contribution in [-0.2, 0) is 47.0 Å². The normalized spacial score (nSPS) is 7.22. The average molecular weight is 204 g/mol. The monoisotopic (exact) mass is 204 g/mol. The Morgan fingerprint density at radius 3 is 2.56 bits per heavy atom. The molecule has 0 saturated heterocycles. The van der Waals surface area contributed by atoms with Gasteiger partial charge in [0.05, 0.1) is 6.61 Å². The molecule has 0 aliphatic heterocycles. The third kappa shape index (κ3) is 8.24. The van der Waals surface area contributed by atoms with Crippen LogP contribution in [0.4, 0.5) is 0 Å². The molecular formula is C5H7O3Y+2. The Morgan fingerprint density at radius 1 is 1.67 bits per heavy atom. The van der Waals surface area contributed by atoms with Gasteiger partial charge in [-0.25, -0.2) is 0 Å². The number of carbonyl (C=O) groups is 1. The van der Waals surface area contributed by atoms with E-state index < -0.39 is 5.97 Å². The molecule has 0 rings (SSSR count). The molecule has 0 amide bonds. The van der Waals surface area contributed by atoms with Gasteiger partial charge in [-0.3, -0.25) is 11.1 Å². The van der Waals surface area contributed by atoms with Crippen molar-refractivity contribution < 1.29 is 47.0 Å². The number of esters is 1. The van der Waals surface area contributed by atoms with E-state index in [1.165, 1.54) is 6.29 Å². The number of ether oxygens (including phenoxy) is 1. The maximum atomic E-state index is 10.2. The fourth-order valence-corrected chi connectivity index (χ4v) is 0.271. The molecule has 0 fully saturated rings. The summed E-state index contributed by atoms with van der Waals surface area (Å²) in [6.07, 6.45) is 1.17. The van der Waals surface area contributed by atoms with Crippen molar-refractivity contribution in [3.63, 3.8) is 0 Å². The second-order valence-electron chi connectivity index (χ2n) is 1.13. The molecule has 0 bridgehead atoms. The summed E-state index contributed by atoms with van der Waals surface area (Å²) >= 11 is 0. The third-order valence-electron chi connectivity index (χ3n) is 0.522. The summed E-state index contributed by atoms with van der Waals surface area (Å²) in [6, 6.07) is 0. The van der Waals surface area contributed by atoms with E-state index in [9.17, 15) is 9.59 Å². The Morgan fingerprint density at radius 2 is 2.22 bits per heavy atom. The van der Waals surface area contributed by atoms with Gasteiger partial charge in [0.2, 0.25) is 0 Å². The molecule has 0 aliphatic carbocycles. The average Bonchev–Trinajstić information content (AvgIpc) is 1.68. The first kappa shape index (κ1) is 12.0.